The molecule has 0 bridgehead atoms. The summed E-state index contributed by atoms with van der Waals surface area (Å²) in [6.07, 6.45) is 3.47. The monoisotopic (exact) mass is 353 g/mol. The average molecular weight is 353 g/mol. The molecule has 0 aliphatic heterocycles. The van der Waals surface area contributed by atoms with Gasteiger partial charge in [0.2, 0.25) is 0 Å². The number of thioether (sulfide) groups is 1. The zero-order chi connectivity index (χ0) is 17.8. The molecule has 0 spiro atoms. The number of carbonyl (C=O) groups excluding carboxylic acids is 1. The number of nitrogens with one attached hydrogen (secondary N) is 1. The summed E-state index contributed by atoms with van der Waals surface area (Å²) in [6.45, 7) is 4.32. The van der Waals surface area contributed by atoms with Crippen molar-refractivity contribution in [3.05, 3.63) is 65.0 Å². The van der Waals surface area contributed by atoms with Crippen molar-refractivity contribution in [3.8, 4) is 11.6 Å². The zero-order valence-corrected chi connectivity index (χ0v) is 15.2. The van der Waals surface area contributed by atoms with Crippen molar-refractivity contribution in [1.82, 2.24) is 15.3 Å². The van der Waals surface area contributed by atoms with E-state index >= 15 is 0 Å². The number of furan rings is 1. The third-order valence-corrected chi connectivity index (χ3v) is 4.60. The lowest BCUT2D eigenvalue weighted by molar-refractivity contribution is 0.0946. The molecule has 0 aliphatic rings. The maximum Gasteiger partial charge on any atom is 0.256 e. The fraction of sp³-hybridized carbons (Fsp3) is 0.211. The Morgan fingerprint density at radius 1 is 1.16 bits per heavy atom. The van der Waals surface area contributed by atoms with E-state index in [0.29, 0.717) is 34.4 Å². The topological polar surface area (TPSA) is 68.0 Å². The van der Waals surface area contributed by atoms with Crippen molar-refractivity contribution in [2.45, 2.75) is 25.4 Å². The minimum Gasteiger partial charge on any atom is -0.461 e. The van der Waals surface area contributed by atoms with E-state index in [-0.39, 0.29) is 5.91 Å². The molecule has 0 saturated carbocycles. The molecule has 1 amide bonds. The van der Waals surface area contributed by atoms with Crippen molar-refractivity contribution in [3.63, 3.8) is 0 Å². The molecule has 0 unspecified atom stereocenters. The molecule has 3 aromatic rings. The number of aryl methyl sites for hydroxylation is 2. The van der Waals surface area contributed by atoms with Crippen LogP contribution in [0.1, 0.15) is 27.2 Å². The SMILES string of the molecule is CSc1nc(-c2ccco2)nc(C)c1C(=O)NCc1ccccc1C. The van der Waals surface area contributed by atoms with E-state index in [1.165, 1.54) is 11.8 Å². The highest BCUT2D eigenvalue weighted by Crippen LogP contribution is 2.25. The normalized spacial score (nSPS) is 10.7. The molecule has 1 aromatic carbocycles. The molecule has 0 radical (unpaired) electrons. The molecule has 0 saturated heterocycles. The van der Waals surface area contributed by atoms with E-state index in [9.17, 15) is 4.79 Å². The van der Waals surface area contributed by atoms with Gasteiger partial charge in [-0.1, -0.05) is 24.3 Å². The minimum atomic E-state index is -0.170. The van der Waals surface area contributed by atoms with Crippen LogP contribution < -0.4 is 5.32 Å². The average Bonchev–Trinajstić information content (AvgIpc) is 3.14. The molecule has 6 heteroatoms. The van der Waals surface area contributed by atoms with Gasteiger partial charge in [0.15, 0.2) is 11.6 Å². The van der Waals surface area contributed by atoms with Crippen molar-refractivity contribution >= 4 is 17.7 Å². The van der Waals surface area contributed by atoms with Gasteiger partial charge < -0.3 is 9.73 Å². The van der Waals surface area contributed by atoms with Crippen LogP contribution in [0, 0.1) is 13.8 Å². The third kappa shape index (κ3) is 3.74. The highest BCUT2D eigenvalue weighted by molar-refractivity contribution is 7.98. The molecular formula is C19H19N3O2S. The van der Waals surface area contributed by atoms with Crippen molar-refractivity contribution in [1.29, 1.82) is 0 Å². The summed E-state index contributed by atoms with van der Waals surface area (Å²) in [5, 5.41) is 3.61. The number of hydrogen-bond acceptors (Lipinski definition) is 5. The number of benzene rings is 1. The molecular weight excluding hydrogens is 334 g/mol. The van der Waals surface area contributed by atoms with Crippen molar-refractivity contribution in [2.24, 2.45) is 0 Å². The summed E-state index contributed by atoms with van der Waals surface area (Å²) in [6, 6.07) is 11.6. The van der Waals surface area contributed by atoms with Gasteiger partial charge in [0, 0.05) is 6.54 Å². The van der Waals surface area contributed by atoms with E-state index < -0.39 is 0 Å². The van der Waals surface area contributed by atoms with E-state index in [0.717, 1.165) is 11.1 Å². The van der Waals surface area contributed by atoms with Gasteiger partial charge in [-0.15, -0.1) is 11.8 Å². The van der Waals surface area contributed by atoms with Gasteiger partial charge in [-0.25, -0.2) is 9.97 Å². The van der Waals surface area contributed by atoms with E-state index in [4.69, 9.17) is 4.42 Å². The van der Waals surface area contributed by atoms with Crippen molar-refractivity contribution < 1.29 is 9.21 Å². The van der Waals surface area contributed by atoms with Crippen LogP contribution >= 0.6 is 11.8 Å². The molecule has 0 aliphatic carbocycles. The number of nitrogens with zero attached hydrogens (tertiary/aromatic N) is 2. The van der Waals surface area contributed by atoms with Crippen LogP contribution in [0.2, 0.25) is 0 Å². The Balaban J connectivity index is 1.86. The molecule has 2 aromatic heterocycles. The highest BCUT2D eigenvalue weighted by Gasteiger charge is 2.19. The number of amides is 1. The lowest BCUT2D eigenvalue weighted by Gasteiger charge is -2.12. The maximum atomic E-state index is 12.7. The first-order valence-electron chi connectivity index (χ1n) is 7.89. The van der Waals surface area contributed by atoms with E-state index in [1.54, 1.807) is 18.4 Å². The van der Waals surface area contributed by atoms with Crippen LogP contribution in [0.3, 0.4) is 0 Å². The van der Waals surface area contributed by atoms with Crippen LogP contribution in [0.25, 0.3) is 11.6 Å². The number of hydrogen-bond donors (Lipinski definition) is 1. The van der Waals surface area contributed by atoms with E-state index in [1.807, 2.05) is 44.4 Å². The quantitative estimate of drug-likeness (QED) is 0.554. The fourth-order valence-electron chi connectivity index (χ4n) is 2.54. The summed E-state index contributed by atoms with van der Waals surface area (Å²) < 4.78 is 5.36. The van der Waals surface area contributed by atoms with Gasteiger partial charge in [0.25, 0.3) is 5.91 Å². The summed E-state index contributed by atoms with van der Waals surface area (Å²) in [5.74, 6) is 0.906. The first-order chi connectivity index (χ1) is 12.1. The van der Waals surface area contributed by atoms with Gasteiger partial charge in [0.1, 0.15) is 5.03 Å². The summed E-state index contributed by atoms with van der Waals surface area (Å²) in [7, 11) is 0. The Bertz CT molecular complexity index is 892. The van der Waals surface area contributed by atoms with Crippen LogP contribution in [-0.2, 0) is 6.54 Å². The number of aromatic nitrogens is 2. The lowest BCUT2D eigenvalue weighted by atomic mass is 10.1. The van der Waals surface area contributed by atoms with Gasteiger partial charge in [-0.3, -0.25) is 4.79 Å². The van der Waals surface area contributed by atoms with Gasteiger partial charge in [-0.05, 0) is 43.4 Å². The standard InChI is InChI=1S/C19H19N3O2S/c1-12-7-4-5-8-14(12)11-20-18(23)16-13(2)21-17(22-19(16)25-3)15-9-6-10-24-15/h4-10H,11H2,1-3H3,(H,20,23). The number of carbonyl (C=O) groups is 1. The minimum absolute atomic E-state index is 0.170. The maximum absolute atomic E-state index is 12.7. The van der Waals surface area contributed by atoms with Gasteiger partial charge in [0.05, 0.1) is 17.5 Å². The molecule has 0 fully saturated rings. The summed E-state index contributed by atoms with van der Waals surface area (Å²) in [5.41, 5.74) is 3.38. The Labute approximate surface area is 150 Å². The number of rotatable bonds is 5. The largest absolute Gasteiger partial charge is 0.461 e. The predicted octanol–water partition coefficient (Wildman–Crippen LogP) is 4.01. The zero-order valence-electron chi connectivity index (χ0n) is 14.4. The molecule has 5 nitrogen and oxygen atoms in total. The predicted molar refractivity (Wildman–Crippen MR) is 98.6 cm³/mol. The molecule has 128 valence electrons. The smallest absolute Gasteiger partial charge is 0.256 e. The Morgan fingerprint density at radius 3 is 2.64 bits per heavy atom. The lowest BCUT2D eigenvalue weighted by Crippen LogP contribution is -2.25. The molecule has 2 heterocycles. The van der Waals surface area contributed by atoms with E-state index in [2.05, 4.69) is 15.3 Å². The van der Waals surface area contributed by atoms with Crippen LogP contribution in [-0.4, -0.2) is 22.1 Å². The molecule has 0 atom stereocenters. The van der Waals surface area contributed by atoms with Gasteiger partial charge in [-0.2, -0.15) is 0 Å². The molecule has 3 rings (SSSR count). The second-order valence-electron chi connectivity index (χ2n) is 5.60. The first-order valence-corrected chi connectivity index (χ1v) is 9.12. The summed E-state index contributed by atoms with van der Waals surface area (Å²) in [4.78, 5) is 21.6. The Morgan fingerprint density at radius 2 is 1.96 bits per heavy atom. The fourth-order valence-corrected chi connectivity index (χ4v) is 3.17. The first kappa shape index (κ1) is 17.2. The van der Waals surface area contributed by atoms with Crippen LogP contribution in [0.4, 0.5) is 0 Å². The van der Waals surface area contributed by atoms with Crippen LogP contribution in [0.5, 0.6) is 0 Å². The summed E-state index contributed by atoms with van der Waals surface area (Å²) >= 11 is 1.42. The van der Waals surface area contributed by atoms with Crippen LogP contribution in [0.15, 0.2) is 52.1 Å². The molecule has 1 N–H and O–H groups in total. The second kappa shape index (κ2) is 7.53. The molecule has 25 heavy (non-hydrogen) atoms. The third-order valence-electron chi connectivity index (χ3n) is 3.92. The Kier molecular flexibility index (Phi) is 5.19. The highest BCUT2D eigenvalue weighted by atomic mass is 32.2. The Hall–Kier alpha value is -2.60. The second-order valence-corrected chi connectivity index (χ2v) is 6.40. The van der Waals surface area contributed by atoms with Crippen molar-refractivity contribution in [2.75, 3.05) is 6.26 Å². The van der Waals surface area contributed by atoms with Gasteiger partial charge >= 0.3 is 0 Å².